The third kappa shape index (κ3) is 5.39. The highest BCUT2D eigenvalue weighted by atomic mass is 32.2. The van der Waals surface area contributed by atoms with Crippen molar-refractivity contribution in [1.29, 1.82) is 0 Å². The van der Waals surface area contributed by atoms with Crippen LogP contribution in [0.5, 0.6) is 0 Å². The number of pyridine rings is 1. The maximum Gasteiger partial charge on any atom is 0.251 e. The van der Waals surface area contributed by atoms with E-state index in [2.05, 4.69) is 10.3 Å². The summed E-state index contributed by atoms with van der Waals surface area (Å²) in [5.41, 5.74) is 1.78. The molecule has 1 aromatic heterocycles. The van der Waals surface area contributed by atoms with Crippen molar-refractivity contribution in [2.24, 2.45) is 0 Å². The van der Waals surface area contributed by atoms with Crippen molar-refractivity contribution in [3.05, 3.63) is 95.6 Å². The zero-order valence-corrected chi connectivity index (χ0v) is 16.6. The summed E-state index contributed by atoms with van der Waals surface area (Å²) in [5, 5.41) is 2.78. The lowest BCUT2D eigenvalue weighted by Gasteiger charge is -2.23. The smallest absolute Gasteiger partial charge is 0.251 e. The van der Waals surface area contributed by atoms with Gasteiger partial charge in [0, 0.05) is 11.8 Å². The molecule has 1 amide bonds. The molecule has 0 aliphatic carbocycles. The van der Waals surface area contributed by atoms with Gasteiger partial charge in [0.25, 0.3) is 5.91 Å². The Bertz CT molecular complexity index is 1090. The minimum absolute atomic E-state index is 0.0211. The van der Waals surface area contributed by atoms with Gasteiger partial charge in [-0.15, -0.1) is 0 Å². The number of halogens is 1. The lowest BCUT2D eigenvalue weighted by molar-refractivity contribution is 0.0950. The topological polar surface area (TPSA) is 79.4 Å². The highest BCUT2D eigenvalue weighted by molar-refractivity contribution is 7.92. The Morgan fingerprint density at radius 1 is 1.03 bits per heavy atom. The van der Waals surface area contributed by atoms with Crippen molar-refractivity contribution >= 4 is 21.6 Å². The lowest BCUT2D eigenvalue weighted by Crippen LogP contribution is -2.30. The molecular formula is C21H20FN3O3S. The SMILES string of the molecule is CS(=O)(=O)N(Cc1ccc(C(=O)NCc2ccccn2)cc1)c1ccccc1F. The van der Waals surface area contributed by atoms with E-state index >= 15 is 0 Å². The molecule has 0 saturated heterocycles. The van der Waals surface area contributed by atoms with Crippen molar-refractivity contribution in [1.82, 2.24) is 10.3 Å². The first kappa shape index (κ1) is 20.5. The van der Waals surface area contributed by atoms with E-state index in [9.17, 15) is 17.6 Å². The molecule has 2 aromatic carbocycles. The van der Waals surface area contributed by atoms with Gasteiger partial charge in [-0.1, -0.05) is 30.3 Å². The molecule has 1 heterocycles. The lowest BCUT2D eigenvalue weighted by atomic mass is 10.1. The molecule has 150 valence electrons. The van der Waals surface area contributed by atoms with Gasteiger partial charge in [0.1, 0.15) is 5.82 Å². The second-order valence-corrected chi connectivity index (χ2v) is 8.33. The number of para-hydroxylation sites is 1. The van der Waals surface area contributed by atoms with Crippen molar-refractivity contribution in [2.45, 2.75) is 13.1 Å². The van der Waals surface area contributed by atoms with Crippen molar-refractivity contribution in [3.63, 3.8) is 0 Å². The number of hydrogen-bond donors (Lipinski definition) is 1. The van der Waals surface area contributed by atoms with E-state index in [1.807, 2.05) is 12.1 Å². The second-order valence-electron chi connectivity index (χ2n) is 6.42. The number of anilines is 1. The van der Waals surface area contributed by atoms with Crippen LogP contribution in [0.2, 0.25) is 0 Å². The van der Waals surface area contributed by atoms with Crippen LogP contribution in [0.1, 0.15) is 21.6 Å². The molecule has 0 aliphatic rings. The molecule has 3 aromatic rings. The molecule has 0 fully saturated rings. The van der Waals surface area contributed by atoms with Gasteiger partial charge in [0.2, 0.25) is 10.0 Å². The highest BCUT2D eigenvalue weighted by Crippen LogP contribution is 2.23. The van der Waals surface area contributed by atoms with Gasteiger partial charge in [-0.05, 0) is 42.0 Å². The average molecular weight is 413 g/mol. The first-order valence-corrected chi connectivity index (χ1v) is 10.7. The van der Waals surface area contributed by atoms with Crippen LogP contribution >= 0.6 is 0 Å². The van der Waals surface area contributed by atoms with E-state index in [-0.39, 0.29) is 18.1 Å². The summed E-state index contributed by atoms with van der Waals surface area (Å²) in [4.78, 5) is 16.4. The van der Waals surface area contributed by atoms with E-state index < -0.39 is 15.8 Å². The van der Waals surface area contributed by atoms with E-state index in [4.69, 9.17) is 0 Å². The quantitative estimate of drug-likeness (QED) is 0.646. The number of nitrogens with zero attached hydrogens (tertiary/aromatic N) is 2. The fourth-order valence-corrected chi connectivity index (χ4v) is 3.63. The third-order valence-corrected chi connectivity index (χ3v) is 5.35. The molecule has 0 saturated carbocycles. The summed E-state index contributed by atoms with van der Waals surface area (Å²) in [7, 11) is -3.70. The fourth-order valence-electron chi connectivity index (χ4n) is 2.74. The molecule has 6 nitrogen and oxygen atoms in total. The summed E-state index contributed by atoms with van der Waals surface area (Å²) < 4.78 is 39.4. The molecule has 0 aliphatic heterocycles. The van der Waals surface area contributed by atoms with Crippen molar-refractivity contribution in [3.8, 4) is 0 Å². The predicted octanol–water partition coefficient (Wildman–Crippen LogP) is 3.12. The maximum atomic E-state index is 14.1. The molecule has 29 heavy (non-hydrogen) atoms. The Morgan fingerprint density at radius 2 is 1.72 bits per heavy atom. The van der Waals surface area contributed by atoms with Gasteiger partial charge in [-0.2, -0.15) is 0 Å². The van der Waals surface area contributed by atoms with Gasteiger partial charge < -0.3 is 5.32 Å². The van der Waals surface area contributed by atoms with E-state index in [1.54, 1.807) is 42.6 Å². The normalized spacial score (nSPS) is 11.1. The molecule has 0 radical (unpaired) electrons. The predicted molar refractivity (Wildman–Crippen MR) is 109 cm³/mol. The number of aromatic nitrogens is 1. The molecule has 1 N–H and O–H groups in total. The second kappa shape index (κ2) is 8.83. The number of amides is 1. The first-order valence-electron chi connectivity index (χ1n) is 8.84. The van der Waals surface area contributed by atoms with Gasteiger partial charge in [-0.3, -0.25) is 14.1 Å². The van der Waals surface area contributed by atoms with Crippen LogP contribution in [0.3, 0.4) is 0 Å². The summed E-state index contributed by atoms with van der Waals surface area (Å²) in [6.45, 7) is 0.256. The third-order valence-electron chi connectivity index (χ3n) is 4.22. The number of carbonyl (C=O) groups is 1. The number of hydrogen-bond acceptors (Lipinski definition) is 4. The Hall–Kier alpha value is -3.26. The van der Waals surface area contributed by atoms with E-state index in [0.717, 1.165) is 16.3 Å². The summed E-state index contributed by atoms with van der Waals surface area (Å²) in [5.74, 6) is -0.889. The molecule has 0 bridgehead atoms. The van der Waals surface area contributed by atoms with E-state index in [0.29, 0.717) is 17.7 Å². The highest BCUT2D eigenvalue weighted by Gasteiger charge is 2.21. The van der Waals surface area contributed by atoms with Crippen LogP contribution in [-0.4, -0.2) is 25.6 Å². The standard InChI is InChI=1S/C21H20FN3O3S/c1-29(27,28)25(20-8-3-2-7-19(20)22)15-16-9-11-17(12-10-16)21(26)24-14-18-6-4-5-13-23-18/h2-13H,14-15H2,1H3,(H,24,26). The van der Waals surface area contributed by atoms with Crippen LogP contribution in [0.15, 0.2) is 72.9 Å². The maximum absolute atomic E-state index is 14.1. The molecule has 8 heteroatoms. The number of carbonyl (C=O) groups excluding carboxylic acids is 1. The number of rotatable bonds is 7. The Kier molecular flexibility index (Phi) is 6.23. The van der Waals surface area contributed by atoms with E-state index in [1.165, 1.54) is 18.2 Å². The summed E-state index contributed by atoms with van der Waals surface area (Å²) >= 11 is 0. The van der Waals surface area contributed by atoms with Gasteiger partial charge in [-0.25, -0.2) is 12.8 Å². The largest absolute Gasteiger partial charge is 0.346 e. The summed E-state index contributed by atoms with van der Waals surface area (Å²) in [6, 6.07) is 17.6. The monoisotopic (exact) mass is 413 g/mol. The molecular weight excluding hydrogens is 393 g/mol. The van der Waals surface area contributed by atoms with Gasteiger partial charge in [0.15, 0.2) is 0 Å². The molecule has 0 unspecified atom stereocenters. The van der Waals surface area contributed by atoms with Crippen LogP contribution in [0, 0.1) is 5.82 Å². The van der Waals surface area contributed by atoms with Crippen LogP contribution in [0.4, 0.5) is 10.1 Å². The number of benzene rings is 2. The van der Waals surface area contributed by atoms with Crippen LogP contribution in [0.25, 0.3) is 0 Å². The zero-order valence-electron chi connectivity index (χ0n) is 15.7. The number of sulfonamides is 1. The Balaban J connectivity index is 1.71. The average Bonchev–Trinajstić information content (AvgIpc) is 2.71. The first-order chi connectivity index (χ1) is 13.8. The molecule has 0 spiro atoms. The van der Waals surface area contributed by atoms with Crippen molar-refractivity contribution < 1.29 is 17.6 Å². The van der Waals surface area contributed by atoms with Gasteiger partial charge in [0.05, 0.1) is 30.7 Å². The Labute approximate surface area is 169 Å². The summed E-state index contributed by atoms with van der Waals surface area (Å²) in [6.07, 6.45) is 2.68. The molecule has 3 rings (SSSR count). The zero-order chi connectivity index (χ0) is 20.9. The number of nitrogens with one attached hydrogen (secondary N) is 1. The van der Waals surface area contributed by atoms with Gasteiger partial charge >= 0.3 is 0 Å². The fraction of sp³-hybridized carbons (Fsp3) is 0.143. The minimum atomic E-state index is -3.70. The minimum Gasteiger partial charge on any atom is -0.346 e. The van der Waals surface area contributed by atoms with Crippen LogP contribution < -0.4 is 9.62 Å². The van der Waals surface area contributed by atoms with Crippen molar-refractivity contribution in [2.75, 3.05) is 10.6 Å². The molecule has 0 atom stereocenters. The van der Waals surface area contributed by atoms with Crippen LogP contribution in [-0.2, 0) is 23.1 Å². The Morgan fingerprint density at radius 3 is 2.34 bits per heavy atom.